The summed E-state index contributed by atoms with van der Waals surface area (Å²) in [6.07, 6.45) is 6.12. The van der Waals surface area contributed by atoms with E-state index >= 15 is 0 Å². The number of hydrogen-bond acceptors (Lipinski definition) is 4. The Balaban J connectivity index is 1.95. The van der Waals surface area contributed by atoms with Gasteiger partial charge >= 0.3 is 0 Å². The van der Waals surface area contributed by atoms with Gasteiger partial charge in [0.2, 0.25) is 0 Å². The van der Waals surface area contributed by atoms with Gasteiger partial charge in [0.1, 0.15) is 12.9 Å². The predicted octanol–water partition coefficient (Wildman–Crippen LogP) is 1.72. The number of aromatic nitrogens is 3. The molecule has 0 atom stereocenters. The first-order chi connectivity index (χ1) is 8.69. The molecule has 1 aliphatic rings. The van der Waals surface area contributed by atoms with E-state index in [0.29, 0.717) is 13.2 Å². The van der Waals surface area contributed by atoms with Gasteiger partial charge in [0.25, 0.3) is 0 Å². The molecule has 1 aliphatic carbocycles. The van der Waals surface area contributed by atoms with Crippen LogP contribution in [0.5, 0.6) is 0 Å². The second-order valence-electron chi connectivity index (χ2n) is 5.35. The number of hydrogen-bond donors (Lipinski definition) is 1. The third-order valence-corrected chi connectivity index (χ3v) is 4.06. The molecule has 0 amide bonds. The predicted molar refractivity (Wildman–Crippen MR) is 69.9 cm³/mol. The molecule has 1 aromatic rings. The van der Waals surface area contributed by atoms with E-state index in [-0.39, 0.29) is 5.60 Å². The van der Waals surface area contributed by atoms with Crippen LogP contribution in [0.1, 0.15) is 45.4 Å². The summed E-state index contributed by atoms with van der Waals surface area (Å²) < 4.78 is 7.98. The van der Waals surface area contributed by atoms with E-state index in [0.717, 1.165) is 31.1 Å². The molecule has 5 nitrogen and oxygen atoms in total. The molecule has 1 saturated carbocycles. The van der Waals surface area contributed by atoms with E-state index in [1.54, 1.807) is 6.33 Å². The van der Waals surface area contributed by atoms with Crippen molar-refractivity contribution < 1.29 is 4.74 Å². The minimum atomic E-state index is -0.142. The lowest BCUT2D eigenvalue weighted by Gasteiger charge is -2.38. The number of rotatable bonds is 5. The maximum atomic E-state index is 6.11. The zero-order valence-corrected chi connectivity index (χ0v) is 11.4. The molecule has 0 aliphatic heterocycles. The number of ether oxygens (including phenoxy) is 1. The molecule has 2 rings (SSSR count). The molecule has 18 heavy (non-hydrogen) atoms. The standard InChI is InChI=1S/C13H24N4O/c1-3-17-12(15-10-16-17)8-18-13(9-14)6-4-11(2)5-7-13/h10-11H,3-9,14H2,1-2H3. The van der Waals surface area contributed by atoms with E-state index in [4.69, 9.17) is 10.5 Å². The lowest BCUT2D eigenvalue weighted by Crippen LogP contribution is -2.43. The number of aryl methyl sites for hydroxylation is 1. The lowest BCUT2D eigenvalue weighted by atomic mass is 9.79. The van der Waals surface area contributed by atoms with Gasteiger partial charge in [-0.1, -0.05) is 6.92 Å². The molecule has 5 heteroatoms. The summed E-state index contributed by atoms with van der Waals surface area (Å²) in [7, 11) is 0. The average molecular weight is 252 g/mol. The van der Waals surface area contributed by atoms with Crippen LogP contribution in [0.25, 0.3) is 0 Å². The van der Waals surface area contributed by atoms with E-state index in [2.05, 4.69) is 23.9 Å². The summed E-state index contributed by atoms with van der Waals surface area (Å²) in [5.41, 5.74) is 5.78. The topological polar surface area (TPSA) is 66.0 Å². The van der Waals surface area contributed by atoms with Gasteiger partial charge in [0, 0.05) is 13.1 Å². The Morgan fingerprint density at radius 1 is 1.50 bits per heavy atom. The van der Waals surface area contributed by atoms with Crippen LogP contribution in [-0.4, -0.2) is 26.9 Å². The van der Waals surface area contributed by atoms with Crippen molar-refractivity contribution in [3.05, 3.63) is 12.2 Å². The molecular weight excluding hydrogens is 228 g/mol. The normalized spacial score (nSPS) is 28.5. The smallest absolute Gasteiger partial charge is 0.152 e. The summed E-state index contributed by atoms with van der Waals surface area (Å²) in [4.78, 5) is 4.24. The first kappa shape index (κ1) is 13.5. The van der Waals surface area contributed by atoms with E-state index in [1.807, 2.05) is 4.68 Å². The highest BCUT2D eigenvalue weighted by Crippen LogP contribution is 2.34. The van der Waals surface area contributed by atoms with Gasteiger partial charge in [-0.15, -0.1) is 0 Å². The summed E-state index contributed by atoms with van der Waals surface area (Å²) in [6, 6.07) is 0. The van der Waals surface area contributed by atoms with Crippen LogP contribution in [-0.2, 0) is 17.9 Å². The van der Waals surface area contributed by atoms with Crippen LogP contribution in [0.3, 0.4) is 0 Å². The van der Waals surface area contributed by atoms with Gasteiger partial charge in [-0.05, 0) is 38.5 Å². The zero-order chi connectivity index (χ0) is 13.0. The first-order valence-electron chi connectivity index (χ1n) is 6.90. The highest BCUT2D eigenvalue weighted by Gasteiger charge is 2.34. The Hall–Kier alpha value is -0.940. The van der Waals surface area contributed by atoms with Crippen molar-refractivity contribution >= 4 is 0 Å². The average Bonchev–Trinajstić information content (AvgIpc) is 2.86. The van der Waals surface area contributed by atoms with Crippen molar-refractivity contribution in [1.82, 2.24) is 14.8 Å². The van der Waals surface area contributed by atoms with Crippen molar-refractivity contribution in [3.63, 3.8) is 0 Å². The van der Waals surface area contributed by atoms with E-state index in [1.165, 1.54) is 12.8 Å². The van der Waals surface area contributed by atoms with Gasteiger partial charge in [-0.3, -0.25) is 0 Å². The zero-order valence-electron chi connectivity index (χ0n) is 11.4. The quantitative estimate of drug-likeness (QED) is 0.866. The Bertz CT molecular complexity index is 369. The Kier molecular flexibility index (Phi) is 4.35. The summed E-state index contributed by atoms with van der Waals surface area (Å²) >= 11 is 0. The highest BCUT2D eigenvalue weighted by molar-refractivity contribution is 4.89. The molecule has 1 aromatic heterocycles. The molecule has 0 bridgehead atoms. The largest absolute Gasteiger partial charge is 0.366 e. The van der Waals surface area contributed by atoms with Gasteiger partial charge in [-0.25, -0.2) is 9.67 Å². The van der Waals surface area contributed by atoms with E-state index < -0.39 is 0 Å². The summed E-state index contributed by atoms with van der Waals surface area (Å²) in [6.45, 7) is 6.29. The minimum Gasteiger partial charge on any atom is -0.366 e. The molecule has 0 aromatic carbocycles. The number of nitrogens with zero attached hydrogens (tertiary/aromatic N) is 3. The molecule has 0 spiro atoms. The van der Waals surface area contributed by atoms with Crippen molar-refractivity contribution in [2.45, 2.75) is 58.3 Å². The molecule has 1 heterocycles. The van der Waals surface area contributed by atoms with E-state index in [9.17, 15) is 0 Å². The minimum absolute atomic E-state index is 0.142. The third-order valence-electron chi connectivity index (χ3n) is 4.06. The second kappa shape index (κ2) is 5.80. The van der Waals surface area contributed by atoms with Gasteiger partial charge in [-0.2, -0.15) is 5.10 Å². The van der Waals surface area contributed by atoms with Crippen molar-refractivity contribution in [1.29, 1.82) is 0 Å². The van der Waals surface area contributed by atoms with Gasteiger partial charge in [0.15, 0.2) is 5.82 Å². The Labute approximate surface area is 109 Å². The molecule has 102 valence electrons. The third kappa shape index (κ3) is 2.90. The molecule has 1 fully saturated rings. The van der Waals surface area contributed by atoms with Gasteiger partial charge < -0.3 is 10.5 Å². The SMILES string of the molecule is CCn1ncnc1COC1(CN)CCC(C)CC1. The van der Waals surface area contributed by atoms with Crippen molar-refractivity contribution in [2.75, 3.05) is 6.54 Å². The maximum Gasteiger partial charge on any atom is 0.152 e. The molecular formula is C13H24N4O. The van der Waals surface area contributed by atoms with Crippen molar-refractivity contribution in [2.24, 2.45) is 11.7 Å². The summed E-state index contributed by atoms with van der Waals surface area (Å²) in [5.74, 6) is 1.69. The second-order valence-corrected chi connectivity index (χ2v) is 5.35. The van der Waals surface area contributed by atoms with Crippen LogP contribution in [0.2, 0.25) is 0 Å². The lowest BCUT2D eigenvalue weighted by molar-refractivity contribution is -0.0830. The Morgan fingerprint density at radius 2 is 2.22 bits per heavy atom. The van der Waals surface area contributed by atoms with Crippen LogP contribution in [0, 0.1) is 5.92 Å². The Morgan fingerprint density at radius 3 is 2.83 bits per heavy atom. The summed E-state index contributed by atoms with van der Waals surface area (Å²) in [5, 5.41) is 4.15. The van der Waals surface area contributed by atoms with Crippen LogP contribution in [0.15, 0.2) is 6.33 Å². The molecule has 0 saturated heterocycles. The molecule has 0 radical (unpaired) electrons. The highest BCUT2D eigenvalue weighted by atomic mass is 16.5. The first-order valence-corrected chi connectivity index (χ1v) is 6.90. The van der Waals surface area contributed by atoms with Crippen LogP contribution in [0.4, 0.5) is 0 Å². The number of nitrogens with two attached hydrogens (primary N) is 1. The van der Waals surface area contributed by atoms with Gasteiger partial charge in [0.05, 0.1) is 5.60 Å². The monoisotopic (exact) mass is 252 g/mol. The molecule has 0 unspecified atom stereocenters. The van der Waals surface area contributed by atoms with Crippen LogP contribution < -0.4 is 5.73 Å². The van der Waals surface area contributed by atoms with Crippen LogP contribution >= 0.6 is 0 Å². The molecule has 2 N–H and O–H groups in total. The fourth-order valence-corrected chi connectivity index (χ4v) is 2.58. The van der Waals surface area contributed by atoms with Crippen molar-refractivity contribution in [3.8, 4) is 0 Å². The fourth-order valence-electron chi connectivity index (χ4n) is 2.58. The maximum absolute atomic E-state index is 6.11. The fraction of sp³-hybridized carbons (Fsp3) is 0.846.